The van der Waals surface area contributed by atoms with Gasteiger partial charge in [-0.2, -0.15) is 4.80 Å². The number of aromatic nitrogens is 4. The van der Waals surface area contributed by atoms with Gasteiger partial charge in [0.15, 0.2) is 15.7 Å². The molecule has 19 heavy (non-hydrogen) atoms. The minimum Gasteiger partial charge on any atom is -0.396 e. The van der Waals surface area contributed by atoms with Crippen molar-refractivity contribution in [3.8, 4) is 0 Å². The molecular weight excluding hydrogens is 272 g/mol. The van der Waals surface area contributed by atoms with Gasteiger partial charge in [-0.25, -0.2) is 8.42 Å². The Morgan fingerprint density at radius 2 is 2.11 bits per heavy atom. The third-order valence-corrected chi connectivity index (χ3v) is 5.56. The second-order valence-electron chi connectivity index (χ2n) is 5.15. The molecule has 0 saturated carbocycles. The van der Waals surface area contributed by atoms with E-state index in [4.69, 9.17) is 0 Å². The predicted octanol–water partition coefficient (Wildman–Crippen LogP) is -1.84. The molecule has 1 aliphatic heterocycles. The predicted molar refractivity (Wildman–Crippen MR) is 65.9 cm³/mol. The third-order valence-electron chi connectivity index (χ3n) is 3.79. The summed E-state index contributed by atoms with van der Waals surface area (Å²) in [6.07, 6.45) is 0.664. The van der Waals surface area contributed by atoms with E-state index >= 15 is 0 Å². The molecule has 1 aliphatic rings. The van der Waals surface area contributed by atoms with Crippen LogP contribution in [0.4, 0.5) is 0 Å². The molecule has 0 bridgehead atoms. The van der Waals surface area contributed by atoms with E-state index in [1.165, 1.54) is 4.80 Å². The summed E-state index contributed by atoms with van der Waals surface area (Å²) in [6.45, 7) is -0.607. The molecule has 1 atom stereocenters. The minimum absolute atomic E-state index is 0.00557. The van der Waals surface area contributed by atoms with Crippen LogP contribution in [0.1, 0.15) is 12.2 Å². The highest BCUT2D eigenvalue weighted by molar-refractivity contribution is 7.91. The molecule has 0 aromatic carbocycles. The maximum atomic E-state index is 11.6. The highest BCUT2D eigenvalue weighted by Gasteiger charge is 2.45. The number of rotatable bonds is 5. The Balaban J connectivity index is 2.22. The molecule has 1 fully saturated rings. The quantitative estimate of drug-likeness (QED) is 0.654. The summed E-state index contributed by atoms with van der Waals surface area (Å²) in [7, 11) is -1.45. The van der Waals surface area contributed by atoms with Crippen molar-refractivity contribution in [2.75, 3.05) is 24.7 Å². The Labute approximate surface area is 111 Å². The van der Waals surface area contributed by atoms with Crippen molar-refractivity contribution >= 4 is 9.84 Å². The van der Waals surface area contributed by atoms with Crippen LogP contribution in [-0.2, 0) is 23.3 Å². The lowest BCUT2D eigenvalue weighted by atomic mass is 9.73. The lowest BCUT2D eigenvalue weighted by Crippen LogP contribution is -2.41. The van der Waals surface area contributed by atoms with Crippen molar-refractivity contribution in [2.45, 2.75) is 12.8 Å². The molecule has 0 aliphatic carbocycles. The van der Waals surface area contributed by atoms with Gasteiger partial charge >= 0.3 is 0 Å². The second-order valence-corrected chi connectivity index (χ2v) is 7.38. The number of tetrazole rings is 1. The number of aliphatic hydroxyl groups is 2. The summed E-state index contributed by atoms with van der Waals surface area (Å²) < 4.78 is 23.1. The molecule has 0 radical (unpaired) electrons. The van der Waals surface area contributed by atoms with E-state index in [0.717, 1.165) is 0 Å². The number of aliphatic hydroxyl groups excluding tert-OH is 2. The van der Waals surface area contributed by atoms with Crippen LogP contribution < -0.4 is 0 Å². The van der Waals surface area contributed by atoms with E-state index in [1.54, 1.807) is 7.05 Å². The van der Waals surface area contributed by atoms with E-state index in [-0.39, 0.29) is 37.1 Å². The first-order valence-corrected chi connectivity index (χ1v) is 7.88. The average Bonchev–Trinajstić information content (AvgIpc) is 2.92. The first-order valence-electron chi connectivity index (χ1n) is 6.06. The third kappa shape index (κ3) is 2.93. The Morgan fingerprint density at radius 1 is 1.42 bits per heavy atom. The SMILES string of the molecule is Cn1nnc(CC(CO)(CO)C2CCS(=O)(=O)C2)n1. The summed E-state index contributed by atoms with van der Waals surface area (Å²) in [5.74, 6) is 0.216. The molecule has 1 saturated heterocycles. The van der Waals surface area contributed by atoms with Crippen molar-refractivity contribution in [1.29, 1.82) is 0 Å². The highest BCUT2D eigenvalue weighted by Crippen LogP contribution is 2.37. The van der Waals surface area contributed by atoms with Crippen molar-refractivity contribution in [2.24, 2.45) is 18.4 Å². The van der Waals surface area contributed by atoms with E-state index in [9.17, 15) is 18.6 Å². The maximum Gasteiger partial charge on any atom is 0.175 e. The van der Waals surface area contributed by atoms with Crippen LogP contribution in [0.5, 0.6) is 0 Å². The normalized spacial score (nSPS) is 22.8. The van der Waals surface area contributed by atoms with Gasteiger partial charge in [0.1, 0.15) is 0 Å². The van der Waals surface area contributed by atoms with E-state index in [1.807, 2.05) is 0 Å². The maximum absolute atomic E-state index is 11.6. The molecular formula is C10H18N4O4S. The zero-order valence-electron chi connectivity index (χ0n) is 10.7. The Kier molecular flexibility index (Phi) is 3.88. The topological polar surface area (TPSA) is 118 Å². The fraction of sp³-hybridized carbons (Fsp3) is 0.900. The summed E-state index contributed by atoms with van der Waals surface area (Å²) >= 11 is 0. The van der Waals surface area contributed by atoms with Crippen LogP contribution in [0.15, 0.2) is 0 Å². The summed E-state index contributed by atoms with van der Waals surface area (Å²) in [6, 6.07) is 0. The molecule has 0 amide bonds. The van der Waals surface area contributed by atoms with Gasteiger partial charge in [-0.15, -0.1) is 10.2 Å². The van der Waals surface area contributed by atoms with Crippen LogP contribution in [0.3, 0.4) is 0 Å². The first-order chi connectivity index (χ1) is 8.91. The molecule has 1 aromatic rings. The van der Waals surface area contributed by atoms with Gasteiger partial charge in [0.2, 0.25) is 0 Å². The summed E-state index contributed by atoms with van der Waals surface area (Å²) in [5.41, 5.74) is -0.910. The van der Waals surface area contributed by atoms with Crippen molar-refractivity contribution in [1.82, 2.24) is 20.2 Å². The number of sulfone groups is 1. The van der Waals surface area contributed by atoms with Crippen molar-refractivity contribution < 1.29 is 18.6 Å². The zero-order valence-corrected chi connectivity index (χ0v) is 11.5. The molecule has 0 spiro atoms. The average molecular weight is 290 g/mol. The van der Waals surface area contributed by atoms with Crippen LogP contribution in [0, 0.1) is 11.3 Å². The first kappa shape index (κ1) is 14.4. The van der Waals surface area contributed by atoms with Gasteiger partial charge in [0, 0.05) is 11.8 Å². The van der Waals surface area contributed by atoms with Crippen molar-refractivity contribution in [3.05, 3.63) is 5.82 Å². The monoisotopic (exact) mass is 290 g/mol. The smallest absolute Gasteiger partial charge is 0.175 e. The Hall–Kier alpha value is -1.06. The van der Waals surface area contributed by atoms with E-state index in [0.29, 0.717) is 12.2 Å². The number of aryl methyl sites for hydroxylation is 1. The van der Waals surface area contributed by atoms with E-state index < -0.39 is 15.3 Å². The van der Waals surface area contributed by atoms with E-state index in [2.05, 4.69) is 15.4 Å². The molecule has 1 unspecified atom stereocenters. The van der Waals surface area contributed by atoms with Crippen LogP contribution in [0.2, 0.25) is 0 Å². The zero-order chi connectivity index (χ0) is 14.1. The number of nitrogens with zero attached hydrogens (tertiary/aromatic N) is 4. The lowest BCUT2D eigenvalue weighted by molar-refractivity contribution is 0.0108. The molecule has 2 rings (SSSR count). The molecule has 9 heteroatoms. The molecule has 2 N–H and O–H groups in total. The van der Waals surface area contributed by atoms with Gasteiger partial charge in [0.05, 0.1) is 31.8 Å². The fourth-order valence-electron chi connectivity index (χ4n) is 2.55. The summed E-state index contributed by atoms with van der Waals surface area (Å²) in [4.78, 5) is 1.29. The Morgan fingerprint density at radius 3 is 2.53 bits per heavy atom. The van der Waals surface area contributed by atoms with Crippen LogP contribution in [0.25, 0.3) is 0 Å². The van der Waals surface area contributed by atoms with Gasteiger partial charge in [-0.05, 0) is 17.6 Å². The van der Waals surface area contributed by atoms with Crippen LogP contribution >= 0.6 is 0 Å². The lowest BCUT2D eigenvalue weighted by Gasteiger charge is -2.34. The molecule has 2 heterocycles. The Bertz CT molecular complexity index is 537. The van der Waals surface area contributed by atoms with Gasteiger partial charge < -0.3 is 10.2 Å². The van der Waals surface area contributed by atoms with Gasteiger partial charge in [-0.3, -0.25) is 0 Å². The van der Waals surface area contributed by atoms with Gasteiger partial charge in [0.25, 0.3) is 0 Å². The fourth-order valence-corrected chi connectivity index (χ4v) is 4.49. The largest absolute Gasteiger partial charge is 0.396 e. The standard InChI is InChI=1S/C10H18N4O4S/c1-14-12-9(11-13-14)4-10(6-15,7-16)8-2-3-19(17,18)5-8/h8,15-16H,2-7H2,1H3. The number of hydrogen-bond acceptors (Lipinski definition) is 7. The molecule has 8 nitrogen and oxygen atoms in total. The molecule has 108 valence electrons. The van der Waals surface area contributed by atoms with Crippen LogP contribution in [-0.4, -0.2) is 63.6 Å². The highest BCUT2D eigenvalue weighted by atomic mass is 32.2. The second kappa shape index (κ2) is 5.14. The molecule has 1 aromatic heterocycles. The minimum atomic E-state index is -3.07. The van der Waals surface area contributed by atoms with Crippen molar-refractivity contribution in [3.63, 3.8) is 0 Å². The van der Waals surface area contributed by atoms with Gasteiger partial charge in [-0.1, -0.05) is 0 Å². The summed E-state index contributed by atoms with van der Waals surface area (Å²) in [5, 5.41) is 30.8. The number of hydrogen-bond donors (Lipinski definition) is 2.